The fraction of sp³-hybridized carbons (Fsp3) is 0.381. The highest BCUT2D eigenvalue weighted by Crippen LogP contribution is 2.39. The first-order valence-electron chi connectivity index (χ1n) is 8.97. The summed E-state index contributed by atoms with van der Waals surface area (Å²) in [6.45, 7) is 1.81. The maximum atomic E-state index is 13.2. The van der Waals surface area contributed by atoms with E-state index in [1.807, 2.05) is 23.1 Å². The molecular formula is C21H27ClN2O4. The molecule has 2 atom stereocenters. The van der Waals surface area contributed by atoms with Gasteiger partial charge in [-0.2, -0.15) is 0 Å². The molecular weight excluding hydrogens is 380 g/mol. The molecule has 3 rings (SSSR count). The summed E-state index contributed by atoms with van der Waals surface area (Å²) in [6.07, 6.45) is 0. The zero-order valence-corrected chi connectivity index (χ0v) is 17.2. The number of hydrogen-bond acceptors (Lipinski definition) is 5. The van der Waals surface area contributed by atoms with Gasteiger partial charge in [0.25, 0.3) is 5.91 Å². The fourth-order valence-electron chi connectivity index (χ4n) is 3.74. The van der Waals surface area contributed by atoms with Gasteiger partial charge in [0.05, 0.1) is 21.3 Å². The number of benzene rings is 2. The number of ether oxygens (including phenoxy) is 3. The average Bonchev–Trinajstić information content (AvgIpc) is 3.17. The number of nitrogens with two attached hydrogens (primary N) is 1. The van der Waals surface area contributed by atoms with Crippen LogP contribution in [0.25, 0.3) is 0 Å². The van der Waals surface area contributed by atoms with Crippen LogP contribution in [0.5, 0.6) is 17.2 Å². The van der Waals surface area contributed by atoms with Crippen molar-refractivity contribution in [3.05, 3.63) is 53.6 Å². The van der Waals surface area contributed by atoms with E-state index in [1.165, 1.54) is 19.8 Å². The molecule has 2 aromatic rings. The molecule has 0 bridgehead atoms. The molecule has 7 heteroatoms. The van der Waals surface area contributed by atoms with Crippen molar-refractivity contribution in [3.63, 3.8) is 0 Å². The second-order valence-corrected chi connectivity index (χ2v) is 6.64. The van der Waals surface area contributed by atoms with E-state index in [1.54, 1.807) is 19.2 Å². The summed E-state index contributed by atoms with van der Waals surface area (Å²) < 4.78 is 16.1. The van der Waals surface area contributed by atoms with E-state index in [2.05, 4.69) is 12.1 Å². The lowest BCUT2D eigenvalue weighted by atomic mass is 9.89. The molecule has 1 aliphatic rings. The lowest BCUT2D eigenvalue weighted by Crippen LogP contribution is -2.29. The molecule has 2 N–H and O–H groups in total. The van der Waals surface area contributed by atoms with Crippen LogP contribution in [0.4, 0.5) is 0 Å². The Morgan fingerprint density at radius 2 is 1.64 bits per heavy atom. The van der Waals surface area contributed by atoms with Crippen molar-refractivity contribution >= 4 is 18.3 Å². The van der Waals surface area contributed by atoms with Gasteiger partial charge < -0.3 is 24.8 Å². The maximum Gasteiger partial charge on any atom is 0.254 e. The van der Waals surface area contributed by atoms with Crippen LogP contribution in [0.1, 0.15) is 21.8 Å². The third kappa shape index (κ3) is 4.18. The summed E-state index contributed by atoms with van der Waals surface area (Å²) in [7, 11) is 4.62. The Kier molecular flexibility index (Phi) is 7.54. The van der Waals surface area contributed by atoms with Gasteiger partial charge in [-0.3, -0.25) is 4.79 Å². The largest absolute Gasteiger partial charge is 0.493 e. The Labute approximate surface area is 172 Å². The molecule has 1 amide bonds. The molecule has 0 saturated carbocycles. The number of rotatable bonds is 6. The first-order chi connectivity index (χ1) is 13.1. The smallest absolute Gasteiger partial charge is 0.254 e. The van der Waals surface area contributed by atoms with Crippen LogP contribution in [-0.4, -0.2) is 51.8 Å². The number of hydrogen-bond donors (Lipinski definition) is 1. The number of likely N-dealkylation sites (tertiary alicyclic amines) is 1. The van der Waals surface area contributed by atoms with Crippen LogP contribution >= 0.6 is 12.4 Å². The zero-order valence-electron chi connectivity index (χ0n) is 16.4. The summed E-state index contributed by atoms with van der Waals surface area (Å²) in [5, 5.41) is 0. The van der Waals surface area contributed by atoms with E-state index in [-0.39, 0.29) is 30.2 Å². The number of amides is 1. The van der Waals surface area contributed by atoms with Crippen LogP contribution < -0.4 is 19.9 Å². The van der Waals surface area contributed by atoms with Gasteiger partial charge in [-0.15, -0.1) is 12.4 Å². The fourth-order valence-corrected chi connectivity index (χ4v) is 3.74. The number of carbonyl (C=O) groups is 1. The summed E-state index contributed by atoms with van der Waals surface area (Å²) in [6, 6.07) is 13.6. The predicted octanol–water partition coefficient (Wildman–Crippen LogP) is 2.95. The quantitative estimate of drug-likeness (QED) is 0.798. The number of nitrogens with zero attached hydrogens (tertiary/aromatic N) is 1. The number of methoxy groups -OCH3 is 3. The lowest BCUT2D eigenvalue weighted by Gasteiger charge is -2.19. The average molecular weight is 407 g/mol. The molecule has 1 saturated heterocycles. The van der Waals surface area contributed by atoms with E-state index >= 15 is 0 Å². The van der Waals surface area contributed by atoms with E-state index in [0.29, 0.717) is 42.4 Å². The highest BCUT2D eigenvalue weighted by Gasteiger charge is 2.36. The molecule has 0 aromatic heterocycles. The van der Waals surface area contributed by atoms with Crippen LogP contribution in [0.2, 0.25) is 0 Å². The van der Waals surface area contributed by atoms with Gasteiger partial charge >= 0.3 is 0 Å². The molecule has 2 aromatic carbocycles. The van der Waals surface area contributed by atoms with Crippen LogP contribution in [-0.2, 0) is 0 Å². The third-order valence-electron chi connectivity index (χ3n) is 5.17. The monoisotopic (exact) mass is 406 g/mol. The second kappa shape index (κ2) is 9.66. The van der Waals surface area contributed by atoms with Crippen LogP contribution in [0.15, 0.2) is 42.5 Å². The van der Waals surface area contributed by atoms with E-state index in [0.717, 1.165) is 0 Å². The Hall–Kier alpha value is -2.44. The van der Waals surface area contributed by atoms with Crippen molar-refractivity contribution in [2.45, 2.75) is 5.92 Å². The van der Waals surface area contributed by atoms with Gasteiger partial charge in [0.15, 0.2) is 11.5 Å². The molecule has 0 aliphatic carbocycles. The third-order valence-corrected chi connectivity index (χ3v) is 5.17. The molecule has 0 spiro atoms. The Bertz CT molecular complexity index is 775. The first kappa shape index (κ1) is 21.9. The molecule has 1 fully saturated rings. The molecule has 0 radical (unpaired) electrons. The van der Waals surface area contributed by atoms with Gasteiger partial charge in [0.1, 0.15) is 0 Å². The molecule has 1 aliphatic heterocycles. The Morgan fingerprint density at radius 3 is 2.14 bits per heavy atom. The van der Waals surface area contributed by atoms with Gasteiger partial charge in [-0.05, 0) is 30.2 Å². The van der Waals surface area contributed by atoms with Crippen LogP contribution in [0, 0.1) is 5.92 Å². The summed E-state index contributed by atoms with van der Waals surface area (Å²) in [5.41, 5.74) is 7.72. The number of halogens is 1. The van der Waals surface area contributed by atoms with Crippen molar-refractivity contribution in [2.75, 3.05) is 41.0 Å². The number of carbonyl (C=O) groups excluding carboxylic acids is 1. The highest BCUT2D eigenvalue weighted by atomic mass is 35.5. The standard InChI is InChI=1S/C21H26N2O4.ClH/c1-25-18-9-15(10-19(26-2)20(18)27-3)21(24)23-12-16(11-22)17(13-23)14-7-5-4-6-8-14;/h4-10,16-17H,11-13,22H2,1-3H3;1H/t16-,17+;/m1./s1. The molecule has 1 heterocycles. The predicted molar refractivity (Wildman–Crippen MR) is 111 cm³/mol. The highest BCUT2D eigenvalue weighted by molar-refractivity contribution is 5.96. The van der Waals surface area contributed by atoms with Gasteiger partial charge in [0.2, 0.25) is 5.75 Å². The molecule has 0 unspecified atom stereocenters. The Balaban J connectivity index is 0.00000280. The van der Waals surface area contributed by atoms with E-state index < -0.39 is 0 Å². The summed E-state index contributed by atoms with van der Waals surface area (Å²) in [4.78, 5) is 15.0. The zero-order chi connectivity index (χ0) is 19.4. The Morgan fingerprint density at radius 1 is 1.04 bits per heavy atom. The van der Waals surface area contributed by atoms with Crippen molar-refractivity contribution in [1.29, 1.82) is 0 Å². The molecule has 28 heavy (non-hydrogen) atoms. The van der Waals surface area contributed by atoms with Gasteiger partial charge in [-0.25, -0.2) is 0 Å². The first-order valence-corrected chi connectivity index (χ1v) is 8.97. The minimum absolute atomic E-state index is 0. The minimum Gasteiger partial charge on any atom is -0.493 e. The van der Waals surface area contributed by atoms with E-state index in [4.69, 9.17) is 19.9 Å². The lowest BCUT2D eigenvalue weighted by molar-refractivity contribution is 0.0785. The van der Waals surface area contributed by atoms with Gasteiger partial charge in [0, 0.05) is 24.6 Å². The second-order valence-electron chi connectivity index (χ2n) is 6.64. The molecule has 6 nitrogen and oxygen atoms in total. The normalized spacial score (nSPS) is 18.4. The van der Waals surface area contributed by atoms with Crippen molar-refractivity contribution < 1.29 is 19.0 Å². The maximum absolute atomic E-state index is 13.2. The van der Waals surface area contributed by atoms with Crippen molar-refractivity contribution in [1.82, 2.24) is 4.90 Å². The van der Waals surface area contributed by atoms with Crippen molar-refractivity contribution in [3.8, 4) is 17.2 Å². The van der Waals surface area contributed by atoms with Gasteiger partial charge in [-0.1, -0.05) is 30.3 Å². The topological polar surface area (TPSA) is 74.0 Å². The SMILES string of the molecule is COc1cc(C(=O)N2C[C@@H](CN)[C@H](c3ccccc3)C2)cc(OC)c1OC.Cl. The molecule has 152 valence electrons. The summed E-state index contributed by atoms with van der Waals surface area (Å²) in [5.74, 6) is 1.82. The van der Waals surface area contributed by atoms with Crippen LogP contribution in [0.3, 0.4) is 0 Å². The van der Waals surface area contributed by atoms with E-state index in [9.17, 15) is 4.79 Å². The summed E-state index contributed by atoms with van der Waals surface area (Å²) >= 11 is 0. The minimum atomic E-state index is -0.0638. The van der Waals surface area contributed by atoms with Crippen molar-refractivity contribution in [2.24, 2.45) is 11.7 Å².